The lowest BCUT2D eigenvalue weighted by molar-refractivity contribution is -0.137. The van der Waals surface area contributed by atoms with Crippen molar-refractivity contribution in [3.8, 4) is 0 Å². The van der Waals surface area contributed by atoms with Crippen LogP contribution in [0.1, 0.15) is 24.0 Å². The van der Waals surface area contributed by atoms with Gasteiger partial charge in [-0.1, -0.05) is 12.1 Å². The van der Waals surface area contributed by atoms with Gasteiger partial charge in [-0.05, 0) is 36.8 Å². The Bertz CT molecular complexity index is 697. The van der Waals surface area contributed by atoms with Gasteiger partial charge in [0.15, 0.2) is 5.96 Å². The molecule has 0 aliphatic carbocycles. The molecular formula is C21H31F3N4OS. The van der Waals surface area contributed by atoms with Gasteiger partial charge in [-0.15, -0.1) is 0 Å². The molecule has 3 rings (SSSR count). The van der Waals surface area contributed by atoms with Crippen molar-refractivity contribution in [2.24, 2.45) is 4.99 Å². The standard InChI is InChI=1S/C21H31F3N4OS/c1-25-19(26-16-20(30-2)7-13-29-14-8-20)28-11-9-27(10-12-28)15-17-3-5-18(6-4-17)21(22,23)24/h3-6H,7-16H2,1-2H3,(H,25,26). The normalized spacial score (nSPS) is 21.0. The van der Waals surface area contributed by atoms with Crippen LogP contribution >= 0.6 is 11.8 Å². The van der Waals surface area contributed by atoms with Crippen molar-refractivity contribution in [2.75, 3.05) is 59.2 Å². The minimum Gasteiger partial charge on any atom is -0.381 e. The van der Waals surface area contributed by atoms with Gasteiger partial charge < -0.3 is 15.0 Å². The second-order valence-corrected chi connectivity index (χ2v) is 9.13. The molecule has 168 valence electrons. The van der Waals surface area contributed by atoms with Gasteiger partial charge in [0, 0.05) is 64.3 Å². The average Bonchev–Trinajstić information content (AvgIpc) is 2.76. The number of nitrogens with zero attached hydrogens (tertiary/aromatic N) is 3. The number of hydrogen-bond acceptors (Lipinski definition) is 4. The molecule has 0 unspecified atom stereocenters. The van der Waals surface area contributed by atoms with E-state index in [4.69, 9.17) is 4.74 Å². The Hall–Kier alpha value is -1.45. The number of thioether (sulfide) groups is 1. The van der Waals surface area contributed by atoms with Crippen LogP contribution in [-0.4, -0.2) is 79.7 Å². The molecule has 0 radical (unpaired) electrons. The molecule has 2 saturated heterocycles. The van der Waals surface area contributed by atoms with Crippen LogP contribution in [0.15, 0.2) is 29.3 Å². The summed E-state index contributed by atoms with van der Waals surface area (Å²) in [5.41, 5.74) is 0.305. The topological polar surface area (TPSA) is 40.1 Å². The zero-order valence-corrected chi connectivity index (χ0v) is 18.5. The fourth-order valence-electron chi connectivity index (χ4n) is 3.94. The van der Waals surface area contributed by atoms with E-state index in [0.29, 0.717) is 6.54 Å². The van der Waals surface area contributed by atoms with Gasteiger partial charge in [0.2, 0.25) is 0 Å². The molecule has 1 N–H and O–H groups in total. The Morgan fingerprint density at radius 1 is 1.13 bits per heavy atom. The number of alkyl halides is 3. The summed E-state index contributed by atoms with van der Waals surface area (Å²) in [4.78, 5) is 9.00. The molecule has 2 aliphatic rings. The Morgan fingerprint density at radius 2 is 1.77 bits per heavy atom. The second kappa shape index (κ2) is 10.2. The number of ether oxygens (including phenoxy) is 1. The summed E-state index contributed by atoms with van der Waals surface area (Å²) in [5.74, 6) is 0.920. The Labute approximate surface area is 181 Å². The first-order valence-corrected chi connectivity index (χ1v) is 11.5. The van der Waals surface area contributed by atoms with Crippen molar-refractivity contribution >= 4 is 17.7 Å². The van der Waals surface area contributed by atoms with Gasteiger partial charge in [-0.3, -0.25) is 9.89 Å². The Kier molecular flexibility index (Phi) is 7.92. The summed E-state index contributed by atoms with van der Waals surface area (Å²) in [6.45, 7) is 6.54. The molecule has 0 bridgehead atoms. The number of benzene rings is 1. The third-order valence-corrected chi connectivity index (χ3v) is 7.40. The average molecular weight is 445 g/mol. The maximum atomic E-state index is 12.7. The van der Waals surface area contributed by atoms with E-state index in [9.17, 15) is 13.2 Å². The number of nitrogens with one attached hydrogen (secondary N) is 1. The molecule has 0 atom stereocenters. The molecule has 30 heavy (non-hydrogen) atoms. The minimum absolute atomic E-state index is 0.193. The SMILES string of the molecule is CN=C(NCC1(SC)CCOCC1)N1CCN(Cc2ccc(C(F)(F)F)cc2)CC1. The number of hydrogen-bond donors (Lipinski definition) is 1. The lowest BCUT2D eigenvalue weighted by atomic mass is 9.99. The molecule has 2 heterocycles. The molecule has 2 aliphatic heterocycles. The van der Waals surface area contributed by atoms with E-state index < -0.39 is 11.7 Å². The van der Waals surface area contributed by atoms with Gasteiger partial charge in [0.1, 0.15) is 0 Å². The maximum absolute atomic E-state index is 12.7. The minimum atomic E-state index is -4.29. The van der Waals surface area contributed by atoms with Gasteiger partial charge in [0.05, 0.1) is 5.56 Å². The van der Waals surface area contributed by atoms with Crippen molar-refractivity contribution in [1.82, 2.24) is 15.1 Å². The summed E-state index contributed by atoms with van der Waals surface area (Å²) in [6, 6.07) is 5.47. The molecule has 0 amide bonds. The zero-order valence-electron chi connectivity index (χ0n) is 17.7. The fourth-order valence-corrected chi connectivity index (χ4v) is 4.74. The smallest absolute Gasteiger partial charge is 0.381 e. The number of piperazine rings is 1. The van der Waals surface area contributed by atoms with E-state index in [-0.39, 0.29) is 4.75 Å². The maximum Gasteiger partial charge on any atom is 0.416 e. The molecule has 2 fully saturated rings. The lowest BCUT2D eigenvalue weighted by Crippen LogP contribution is -2.54. The van der Waals surface area contributed by atoms with Crippen molar-refractivity contribution in [3.05, 3.63) is 35.4 Å². The Balaban J connectivity index is 1.48. The van der Waals surface area contributed by atoms with Crippen LogP contribution in [0.5, 0.6) is 0 Å². The van der Waals surface area contributed by atoms with Crippen molar-refractivity contribution in [2.45, 2.75) is 30.3 Å². The van der Waals surface area contributed by atoms with E-state index in [0.717, 1.165) is 82.4 Å². The van der Waals surface area contributed by atoms with E-state index in [1.165, 1.54) is 0 Å². The van der Waals surface area contributed by atoms with E-state index in [1.54, 1.807) is 12.1 Å². The molecule has 1 aromatic rings. The first kappa shape index (κ1) is 23.2. The molecule has 5 nitrogen and oxygen atoms in total. The number of rotatable bonds is 5. The highest BCUT2D eigenvalue weighted by Gasteiger charge is 2.33. The molecule has 1 aromatic carbocycles. The fraction of sp³-hybridized carbons (Fsp3) is 0.667. The summed E-state index contributed by atoms with van der Waals surface area (Å²) >= 11 is 1.90. The third kappa shape index (κ3) is 6.04. The van der Waals surface area contributed by atoms with Gasteiger partial charge in [0.25, 0.3) is 0 Å². The highest BCUT2D eigenvalue weighted by molar-refractivity contribution is 8.00. The van der Waals surface area contributed by atoms with Crippen molar-refractivity contribution in [3.63, 3.8) is 0 Å². The van der Waals surface area contributed by atoms with Crippen LogP contribution in [-0.2, 0) is 17.5 Å². The highest BCUT2D eigenvalue weighted by atomic mass is 32.2. The summed E-state index contributed by atoms with van der Waals surface area (Å²) < 4.78 is 43.9. The van der Waals surface area contributed by atoms with Gasteiger partial charge in [-0.2, -0.15) is 24.9 Å². The predicted molar refractivity (Wildman–Crippen MR) is 116 cm³/mol. The first-order chi connectivity index (χ1) is 14.3. The highest BCUT2D eigenvalue weighted by Crippen LogP contribution is 2.33. The monoisotopic (exact) mass is 444 g/mol. The predicted octanol–water partition coefficient (Wildman–Crippen LogP) is 3.31. The first-order valence-electron chi connectivity index (χ1n) is 10.3. The Morgan fingerprint density at radius 3 is 2.30 bits per heavy atom. The molecule has 0 spiro atoms. The molecule has 9 heteroatoms. The second-order valence-electron chi connectivity index (χ2n) is 7.86. The van der Waals surface area contributed by atoms with Gasteiger partial charge in [-0.25, -0.2) is 0 Å². The van der Waals surface area contributed by atoms with Crippen molar-refractivity contribution < 1.29 is 17.9 Å². The van der Waals surface area contributed by atoms with E-state index in [2.05, 4.69) is 26.4 Å². The number of halogens is 3. The van der Waals surface area contributed by atoms with Gasteiger partial charge >= 0.3 is 6.18 Å². The summed E-state index contributed by atoms with van der Waals surface area (Å²) in [7, 11) is 1.81. The van der Waals surface area contributed by atoms with Crippen LogP contribution < -0.4 is 5.32 Å². The van der Waals surface area contributed by atoms with Crippen LogP contribution in [0.4, 0.5) is 13.2 Å². The van der Waals surface area contributed by atoms with Crippen molar-refractivity contribution in [1.29, 1.82) is 0 Å². The lowest BCUT2D eigenvalue weighted by Gasteiger charge is -2.39. The number of guanidine groups is 1. The molecule has 0 saturated carbocycles. The quantitative estimate of drug-likeness (QED) is 0.557. The third-order valence-electron chi connectivity index (χ3n) is 5.98. The van der Waals surface area contributed by atoms with Crippen LogP contribution in [0, 0.1) is 0 Å². The van der Waals surface area contributed by atoms with Crippen LogP contribution in [0.2, 0.25) is 0 Å². The van der Waals surface area contributed by atoms with E-state index >= 15 is 0 Å². The summed E-state index contributed by atoms with van der Waals surface area (Å²) in [6.07, 6.45) is -0.0412. The molecular weight excluding hydrogens is 413 g/mol. The largest absolute Gasteiger partial charge is 0.416 e. The zero-order chi connectivity index (χ0) is 21.6. The number of aliphatic imine (C=N–C) groups is 1. The van der Waals surface area contributed by atoms with Crippen LogP contribution in [0.3, 0.4) is 0 Å². The molecule has 0 aromatic heterocycles. The van der Waals surface area contributed by atoms with E-state index in [1.807, 2.05) is 18.8 Å². The summed E-state index contributed by atoms with van der Waals surface area (Å²) in [5, 5.41) is 3.56. The van der Waals surface area contributed by atoms with Crippen LogP contribution in [0.25, 0.3) is 0 Å².